The molecule has 100 valence electrons. The maximum Gasteiger partial charge on any atom is 0.273 e. The molecule has 0 bridgehead atoms. The van der Waals surface area contributed by atoms with Gasteiger partial charge >= 0.3 is 0 Å². The third kappa shape index (κ3) is 2.54. The first-order valence-electron chi connectivity index (χ1n) is 5.69. The second-order valence-electron chi connectivity index (χ2n) is 4.67. The van der Waals surface area contributed by atoms with Crippen LogP contribution >= 0.6 is 0 Å². The third-order valence-corrected chi connectivity index (χ3v) is 4.15. The Morgan fingerprint density at radius 1 is 1.56 bits per heavy atom. The summed E-state index contributed by atoms with van der Waals surface area (Å²) in [7, 11) is -3.96. The minimum absolute atomic E-state index is 0.0165. The summed E-state index contributed by atoms with van der Waals surface area (Å²) in [5, 5.41) is 14.0. The second-order valence-corrected chi connectivity index (χ2v) is 6.17. The van der Waals surface area contributed by atoms with Crippen LogP contribution in [0, 0.1) is 12.8 Å². The molecule has 8 heteroatoms. The molecule has 4 N–H and O–H groups in total. The molecule has 1 aromatic heterocycles. The zero-order valence-electron chi connectivity index (χ0n) is 10.2. The number of nitrogens with zero attached hydrogens (tertiary/aromatic N) is 1. The molecule has 1 aliphatic carbocycles. The van der Waals surface area contributed by atoms with Crippen LogP contribution in [0.1, 0.15) is 35.9 Å². The van der Waals surface area contributed by atoms with Gasteiger partial charge in [-0.1, -0.05) is 0 Å². The van der Waals surface area contributed by atoms with Crippen molar-refractivity contribution < 1.29 is 13.2 Å². The van der Waals surface area contributed by atoms with Crippen molar-refractivity contribution in [2.45, 2.75) is 37.6 Å². The Morgan fingerprint density at radius 3 is 2.67 bits per heavy atom. The number of carbonyl (C=O) groups excluding carboxylic acids is 1. The fraction of sp³-hybridized carbons (Fsp3) is 0.600. The summed E-state index contributed by atoms with van der Waals surface area (Å²) < 4.78 is 22.8. The molecule has 1 heterocycles. The predicted octanol–water partition coefficient (Wildman–Crippen LogP) is -0.106. The zero-order chi connectivity index (χ0) is 13.5. The lowest BCUT2D eigenvalue weighted by Crippen LogP contribution is -2.35. The lowest BCUT2D eigenvalue weighted by atomic mass is 10.2. The van der Waals surface area contributed by atoms with E-state index in [1.165, 1.54) is 6.92 Å². The number of H-pyrrole nitrogens is 1. The van der Waals surface area contributed by atoms with E-state index >= 15 is 0 Å². The standard InChI is InChI=1S/C10H16N4O3S/c1-5(7-3-4-7)12-10(15)8-9(18(11,16)17)6(2)13-14-8/h5,7H,3-4H2,1-2H3,(H,12,15)(H,13,14)(H2,11,16,17). The molecule has 0 spiro atoms. The summed E-state index contributed by atoms with van der Waals surface area (Å²) in [5.41, 5.74) is 0.101. The lowest BCUT2D eigenvalue weighted by Gasteiger charge is -2.11. The van der Waals surface area contributed by atoms with Crippen LogP contribution < -0.4 is 10.5 Å². The van der Waals surface area contributed by atoms with Crippen LogP contribution in [0.3, 0.4) is 0 Å². The van der Waals surface area contributed by atoms with E-state index in [1.54, 1.807) is 0 Å². The zero-order valence-corrected chi connectivity index (χ0v) is 11.0. The largest absolute Gasteiger partial charge is 0.348 e. The number of rotatable bonds is 4. The van der Waals surface area contributed by atoms with Gasteiger partial charge in [0.1, 0.15) is 4.90 Å². The summed E-state index contributed by atoms with van der Waals surface area (Å²) >= 11 is 0. The molecule has 1 aromatic rings. The molecule has 2 rings (SSSR count). The van der Waals surface area contributed by atoms with Crippen LogP contribution in [0.2, 0.25) is 0 Å². The van der Waals surface area contributed by atoms with E-state index in [4.69, 9.17) is 5.14 Å². The molecular formula is C10H16N4O3S. The molecule has 18 heavy (non-hydrogen) atoms. The first-order chi connectivity index (χ1) is 8.30. The van der Waals surface area contributed by atoms with Gasteiger partial charge in [-0.15, -0.1) is 0 Å². The molecule has 1 atom stereocenters. The molecule has 0 aromatic carbocycles. The maximum atomic E-state index is 12.0. The summed E-state index contributed by atoms with van der Waals surface area (Å²) in [5.74, 6) is -0.0327. The van der Waals surface area contributed by atoms with Crippen LogP contribution in [0.25, 0.3) is 0 Å². The van der Waals surface area contributed by atoms with E-state index < -0.39 is 15.9 Å². The van der Waals surface area contributed by atoms with Crippen molar-refractivity contribution in [1.29, 1.82) is 0 Å². The quantitative estimate of drug-likeness (QED) is 0.708. The summed E-state index contributed by atoms with van der Waals surface area (Å²) in [6.45, 7) is 3.40. The molecule has 0 radical (unpaired) electrons. The highest BCUT2D eigenvalue weighted by Gasteiger charge is 2.31. The number of sulfonamides is 1. The van der Waals surface area contributed by atoms with Crippen molar-refractivity contribution in [2.75, 3.05) is 0 Å². The van der Waals surface area contributed by atoms with E-state index in [2.05, 4.69) is 15.5 Å². The average molecular weight is 272 g/mol. The van der Waals surface area contributed by atoms with Gasteiger partial charge in [-0.3, -0.25) is 9.89 Å². The Bertz CT molecular complexity index is 574. The lowest BCUT2D eigenvalue weighted by molar-refractivity contribution is 0.0927. The maximum absolute atomic E-state index is 12.0. The number of carbonyl (C=O) groups is 1. The minimum atomic E-state index is -3.96. The molecule has 0 aliphatic heterocycles. The topological polar surface area (TPSA) is 118 Å². The second kappa shape index (κ2) is 4.36. The first-order valence-corrected chi connectivity index (χ1v) is 7.24. The smallest absolute Gasteiger partial charge is 0.273 e. The van der Waals surface area contributed by atoms with E-state index in [-0.39, 0.29) is 22.3 Å². The number of aromatic amines is 1. The van der Waals surface area contributed by atoms with Gasteiger partial charge in [-0.05, 0) is 32.6 Å². The molecule has 1 aliphatic rings. The SMILES string of the molecule is Cc1[nH]nc(C(=O)NC(C)C2CC2)c1S(N)(=O)=O. The van der Waals surface area contributed by atoms with E-state index in [0.717, 1.165) is 12.8 Å². The molecule has 1 amide bonds. The van der Waals surface area contributed by atoms with Gasteiger partial charge in [0, 0.05) is 6.04 Å². The first kappa shape index (κ1) is 13.0. The number of primary sulfonamides is 1. The monoisotopic (exact) mass is 272 g/mol. The summed E-state index contributed by atoms with van der Waals surface area (Å²) in [4.78, 5) is 11.7. The van der Waals surface area contributed by atoms with Crippen LogP contribution in [0.15, 0.2) is 4.90 Å². The number of hydrogen-bond donors (Lipinski definition) is 3. The number of nitrogens with two attached hydrogens (primary N) is 1. The van der Waals surface area contributed by atoms with Gasteiger partial charge in [0.25, 0.3) is 5.91 Å². The summed E-state index contributed by atoms with van der Waals surface area (Å²) in [6.07, 6.45) is 2.17. The van der Waals surface area contributed by atoms with E-state index in [1.807, 2.05) is 6.92 Å². The van der Waals surface area contributed by atoms with Crippen molar-refractivity contribution in [3.8, 4) is 0 Å². The van der Waals surface area contributed by atoms with Crippen LogP contribution in [-0.2, 0) is 10.0 Å². The third-order valence-electron chi connectivity index (χ3n) is 3.08. The van der Waals surface area contributed by atoms with Gasteiger partial charge in [-0.25, -0.2) is 13.6 Å². The normalized spacial score (nSPS) is 17.5. The predicted molar refractivity (Wildman–Crippen MR) is 64.4 cm³/mol. The van der Waals surface area contributed by atoms with Crippen molar-refractivity contribution in [3.63, 3.8) is 0 Å². The van der Waals surface area contributed by atoms with Crippen molar-refractivity contribution in [1.82, 2.24) is 15.5 Å². The van der Waals surface area contributed by atoms with Crippen LogP contribution in [-0.4, -0.2) is 30.6 Å². The Kier molecular flexibility index (Phi) is 3.16. The number of aromatic nitrogens is 2. The van der Waals surface area contributed by atoms with Gasteiger partial charge < -0.3 is 5.32 Å². The van der Waals surface area contributed by atoms with Crippen molar-refractivity contribution in [3.05, 3.63) is 11.4 Å². The Hall–Kier alpha value is -1.41. The molecule has 1 unspecified atom stereocenters. The Morgan fingerprint density at radius 2 is 2.17 bits per heavy atom. The highest BCUT2D eigenvalue weighted by atomic mass is 32.2. The number of hydrogen-bond acceptors (Lipinski definition) is 4. The molecule has 7 nitrogen and oxygen atoms in total. The number of amides is 1. The van der Waals surface area contributed by atoms with E-state index in [0.29, 0.717) is 5.92 Å². The van der Waals surface area contributed by atoms with Gasteiger partial charge in [0.15, 0.2) is 5.69 Å². The van der Waals surface area contributed by atoms with Crippen molar-refractivity contribution >= 4 is 15.9 Å². The fourth-order valence-electron chi connectivity index (χ4n) is 1.91. The summed E-state index contributed by atoms with van der Waals surface area (Å²) in [6, 6.07) is 0.0165. The van der Waals surface area contributed by atoms with Crippen LogP contribution in [0.5, 0.6) is 0 Å². The number of nitrogens with one attached hydrogen (secondary N) is 2. The fourth-order valence-corrected chi connectivity index (χ4v) is 2.79. The minimum Gasteiger partial charge on any atom is -0.348 e. The molecular weight excluding hydrogens is 256 g/mol. The Labute approximate surface area is 105 Å². The van der Waals surface area contributed by atoms with Gasteiger partial charge in [0.05, 0.1) is 5.69 Å². The van der Waals surface area contributed by atoms with Crippen molar-refractivity contribution in [2.24, 2.45) is 11.1 Å². The molecule has 0 saturated heterocycles. The van der Waals surface area contributed by atoms with E-state index in [9.17, 15) is 13.2 Å². The highest BCUT2D eigenvalue weighted by Crippen LogP contribution is 2.32. The van der Waals surface area contributed by atoms with Gasteiger partial charge in [0.2, 0.25) is 10.0 Å². The Balaban J connectivity index is 2.25. The number of aryl methyl sites for hydroxylation is 1. The van der Waals surface area contributed by atoms with Gasteiger partial charge in [-0.2, -0.15) is 5.10 Å². The molecule has 1 saturated carbocycles. The molecule has 1 fully saturated rings. The average Bonchev–Trinajstić information content (AvgIpc) is 2.99. The highest BCUT2D eigenvalue weighted by molar-refractivity contribution is 7.89. The van der Waals surface area contributed by atoms with Crippen LogP contribution in [0.4, 0.5) is 0 Å².